The van der Waals surface area contributed by atoms with Gasteiger partial charge in [0.1, 0.15) is 0 Å². The SMILES string of the molecule is CCCC1(CNc2ccc([N+](=O)[O-])cc2Cl)CC1. The van der Waals surface area contributed by atoms with Crippen LogP contribution in [0.15, 0.2) is 18.2 Å². The Morgan fingerprint density at radius 2 is 2.22 bits per heavy atom. The van der Waals surface area contributed by atoms with Gasteiger partial charge in [-0.25, -0.2) is 0 Å². The fourth-order valence-corrected chi connectivity index (χ4v) is 2.51. The molecule has 0 unspecified atom stereocenters. The second-order valence-electron chi connectivity index (χ2n) is 5.02. The predicted octanol–water partition coefficient (Wildman–Crippen LogP) is 4.24. The van der Waals surface area contributed by atoms with Crippen LogP contribution in [0.3, 0.4) is 0 Å². The first-order valence-electron chi connectivity index (χ1n) is 6.24. The first-order chi connectivity index (χ1) is 8.56. The number of nitrogens with zero attached hydrogens (tertiary/aromatic N) is 1. The van der Waals surface area contributed by atoms with E-state index in [4.69, 9.17) is 11.6 Å². The molecule has 2 rings (SSSR count). The molecule has 0 saturated heterocycles. The number of nitrogens with one attached hydrogen (secondary N) is 1. The van der Waals surface area contributed by atoms with E-state index in [1.807, 2.05) is 0 Å². The Hall–Kier alpha value is -1.29. The quantitative estimate of drug-likeness (QED) is 0.620. The van der Waals surface area contributed by atoms with E-state index in [9.17, 15) is 10.1 Å². The van der Waals surface area contributed by atoms with Gasteiger partial charge in [0.25, 0.3) is 5.69 Å². The largest absolute Gasteiger partial charge is 0.383 e. The molecule has 0 bridgehead atoms. The molecular weight excluding hydrogens is 252 g/mol. The molecule has 1 saturated carbocycles. The molecule has 0 heterocycles. The van der Waals surface area contributed by atoms with Gasteiger partial charge >= 0.3 is 0 Å². The van der Waals surface area contributed by atoms with Gasteiger partial charge in [-0.2, -0.15) is 0 Å². The van der Waals surface area contributed by atoms with E-state index in [1.165, 1.54) is 37.8 Å². The van der Waals surface area contributed by atoms with Gasteiger partial charge in [0.2, 0.25) is 0 Å². The molecule has 1 aliphatic carbocycles. The lowest BCUT2D eigenvalue weighted by Gasteiger charge is -2.16. The fraction of sp³-hybridized carbons (Fsp3) is 0.538. The van der Waals surface area contributed by atoms with Crippen molar-refractivity contribution in [2.75, 3.05) is 11.9 Å². The van der Waals surface area contributed by atoms with Crippen LogP contribution in [-0.2, 0) is 0 Å². The molecule has 0 aliphatic heterocycles. The maximum absolute atomic E-state index is 10.6. The van der Waals surface area contributed by atoms with Gasteiger partial charge < -0.3 is 5.32 Å². The Labute approximate surface area is 111 Å². The van der Waals surface area contributed by atoms with Crippen molar-refractivity contribution in [3.05, 3.63) is 33.3 Å². The highest BCUT2D eigenvalue weighted by atomic mass is 35.5. The number of benzene rings is 1. The molecular formula is C13H17ClN2O2. The van der Waals surface area contributed by atoms with Gasteiger partial charge in [0.05, 0.1) is 15.6 Å². The van der Waals surface area contributed by atoms with E-state index in [-0.39, 0.29) is 5.69 Å². The smallest absolute Gasteiger partial charge is 0.271 e. The molecule has 1 aromatic rings. The summed E-state index contributed by atoms with van der Waals surface area (Å²) in [5.74, 6) is 0. The lowest BCUT2D eigenvalue weighted by atomic mass is 10.0. The summed E-state index contributed by atoms with van der Waals surface area (Å²) in [4.78, 5) is 10.2. The Morgan fingerprint density at radius 3 is 2.72 bits per heavy atom. The molecule has 0 amide bonds. The first kappa shape index (κ1) is 13.1. The molecule has 1 aromatic carbocycles. The van der Waals surface area contributed by atoms with E-state index < -0.39 is 4.92 Å². The Morgan fingerprint density at radius 1 is 1.50 bits per heavy atom. The van der Waals surface area contributed by atoms with Gasteiger partial charge in [-0.15, -0.1) is 0 Å². The van der Waals surface area contributed by atoms with E-state index in [0.29, 0.717) is 10.4 Å². The molecule has 5 heteroatoms. The van der Waals surface area contributed by atoms with Gasteiger partial charge in [-0.1, -0.05) is 24.9 Å². The van der Waals surface area contributed by atoms with Crippen LogP contribution < -0.4 is 5.32 Å². The summed E-state index contributed by atoms with van der Waals surface area (Å²) in [5.41, 5.74) is 1.24. The number of non-ortho nitro benzene ring substituents is 1. The zero-order chi connectivity index (χ0) is 13.2. The minimum absolute atomic E-state index is 0.0280. The number of hydrogen-bond donors (Lipinski definition) is 1. The number of rotatable bonds is 6. The molecule has 0 spiro atoms. The summed E-state index contributed by atoms with van der Waals surface area (Å²) in [6.45, 7) is 3.09. The standard InChI is InChI=1S/C13H17ClN2O2/c1-2-5-13(6-7-13)9-15-12-4-3-10(16(17)18)8-11(12)14/h3-4,8,15H,2,5-7,9H2,1H3. The topological polar surface area (TPSA) is 55.2 Å². The monoisotopic (exact) mass is 268 g/mol. The highest BCUT2D eigenvalue weighted by molar-refractivity contribution is 6.33. The molecule has 0 atom stereocenters. The van der Waals surface area contributed by atoms with Crippen molar-refractivity contribution >= 4 is 23.0 Å². The molecule has 1 N–H and O–H groups in total. The van der Waals surface area contributed by atoms with Crippen LogP contribution in [0.1, 0.15) is 32.6 Å². The summed E-state index contributed by atoms with van der Waals surface area (Å²) in [7, 11) is 0. The highest BCUT2D eigenvalue weighted by Crippen LogP contribution is 2.49. The van der Waals surface area contributed by atoms with E-state index in [0.717, 1.165) is 12.2 Å². The number of hydrogen-bond acceptors (Lipinski definition) is 3. The van der Waals surface area contributed by atoms with Gasteiger partial charge in [0, 0.05) is 18.7 Å². The number of halogens is 1. The van der Waals surface area contributed by atoms with E-state index in [2.05, 4.69) is 12.2 Å². The summed E-state index contributed by atoms with van der Waals surface area (Å²) in [6.07, 6.45) is 4.94. The summed E-state index contributed by atoms with van der Waals surface area (Å²) < 4.78 is 0. The lowest BCUT2D eigenvalue weighted by molar-refractivity contribution is -0.384. The van der Waals surface area contributed by atoms with Crippen molar-refractivity contribution in [2.24, 2.45) is 5.41 Å². The van der Waals surface area contributed by atoms with Crippen molar-refractivity contribution in [3.63, 3.8) is 0 Å². The van der Waals surface area contributed by atoms with E-state index >= 15 is 0 Å². The zero-order valence-corrected chi connectivity index (χ0v) is 11.2. The molecule has 4 nitrogen and oxygen atoms in total. The Bertz CT molecular complexity index is 458. The fourth-order valence-electron chi connectivity index (χ4n) is 2.27. The Kier molecular flexibility index (Phi) is 3.76. The van der Waals surface area contributed by atoms with Crippen molar-refractivity contribution in [3.8, 4) is 0 Å². The zero-order valence-electron chi connectivity index (χ0n) is 10.4. The van der Waals surface area contributed by atoms with Gasteiger partial charge in [-0.05, 0) is 30.7 Å². The van der Waals surface area contributed by atoms with Crippen LogP contribution in [0, 0.1) is 15.5 Å². The second-order valence-corrected chi connectivity index (χ2v) is 5.43. The molecule has 0 aromatic heterocycles. The molecule has 0 radical (unpaired) electrons. The number of anilines is 1. The number of nitro groups is 1. The third kappa shape index (κ3) is 2.93. The lowest BCUT2D eigenvalue weighted by Crippen LogP contribution is -2.15. The molecule has 98 valence electrons. The second kappa shape index (κ2) is 5.14. The predicted molar refractivity (Wildman–Crippen MR) is 73.2 cm³/mol. The van der Waals surface area contributed by atoms with Crippen LogP contribution in [-0.4, -0.2) is 11.5 Å². The highest BCUT2D eigenvalue weighted by Gasteiger charge is 2.41. The molecule has 18 heavy (non-hydrogen) atoms. The van der Waals surface area contributed by atoms with Crippen molar-refractivity contribution in [1.82, 2.24) is 0 Å². The summed E-state index contributed by atoms with van der Waals surface area (Å²) >= 11 is 6.03. The maximum atomic E-state index is 10.6. The average molecular weight is 269 g/mol. The Balaban J connectivity index is 2.00. The normalized spacial score (nSPS) is 16.3. The van der Waals surface area contributed by atoms with Crippen molar-refractivity contribution < 1.29 is 4.92 Å². The van der Waals surface area contributed by atoms with Crippen LogP contribution in [0.5, 0.6) is 0 Å². The van der Waals surface area contributed by atoms with Gasteiger partial charge in [-0.3, -0.25) is 10.1 Å². The van der Waals surface area contributed by atoms with Crippen LogP contribution >= 0.6 is 11.6 Å². The maximum Gasteiger partial charge on any atom is 0.271 e. The van der Waals surface area contributed by atoms with E-state index in [1.54, 1.807) is 6.07 Å². The minimum atomic E-state index is -0.435. The van der Waals surface area contributed by atoms with Crippen molar-refractivity contribution in [2.45, 2.75) is 32.6 Å². The van der Waals surface area contributed by atoms with Crippen LogP contribution in [0.2, 0.25) is 5.02 Å². The average Bonchev–Trinajstić information content (AvgIpc) is 3.08. The van der Waals surface area contributed by atoms with Crippen LogP contribution in [0.25, 0.3) is 0 Å². The third-order valence-electron chi connectivity index (χ3n) is 3.55. The first-order valence-corrected chi connectivity index (χ1v) is 6.62. The molecule has 1 fully saturated rings. The molecule has 1 aliphatic rings. The van der Waals surface area contributed by atoms with Crippen molar-refractivity contribution in [1.29, 1.82) is 0 Å². The third-order valence-corrected chi connectivity index (χ3v) is 3.87. The van der Waals surface area contributed by atoms with Crippen LogP contribution in [0.4, 0.5) is 11.4 Å². The number of nitro benzene ring substituents is 1. The minimum Gasteiger partial charge on any atom is -0.383 e. The summed E-state index contributed by atoms with van der Waals surface area (Å²) in [5, 5.41) is 14.3. The van der Waals surface area contributed by atoms with Gasteiger partial charge in [0.15, 0.2) is 0 Å². The summed E-state index contributed by atoms with van der Waals surface area (Å²) in [6, 6.07) is 4.55.